The van der Waals surface area contributed by atoms with Crippen molar-refractivity contribution in [1.82, 2.24) is 0 Å². The lowest BCUT2D eigenvalue weighted by Gasteiger charge is -2.29. The maximum Gasteiger partial charge on any atom is 0.122 e. The molecule has 1 aliphatic heterocycles. The van der Waals surface area contributed by atoms with Gasteiger partial charge in [0, 0.05) is 5.57 Å². The maximum absolute atomic E-state index is 6.06. The molecule has 0 amide bonds. The number of methoxy groups -OCH3 is 1. The average molecular weight is 493 g/mol. The Kier molecular flexibility index (Phi) is 7.66. The van der Waals surface area contributed by atoms with Crippen molar-refractivity contribution in [2.24, 2.45) is 0 Å². The molecule has 5 rings (SSSR count). The quantitative estimate of drug-likeness (QED) is 0.360. The highest BCUT2D eigenvalue weighted by molar-refractivity contribution is 7.80. The molecular formula is C33H33O2P. The van der Waals surface area contributed by atoms with E-state index in [0.717, 1.165) is 18.6 Å². The van der Waals surface area contributed by atoms with Crippen molar-refractivity contribution < 1.29 is 9.47 Å². The molecule has 0 atom stereocenters. The lowest BCUT2D eigenvalue weighted by Crippen LogP contribution is -2.27. The number of hydrogen-bond acceptors (Lipinski definition) is 2. The van der Waals surface area contributed by atoms with Crippen molar-refractivity contribution in [2.75, 3.05) is 7.11 Å². The lowest BCUT2D eigenvalue weighted by molar-refractivity contribution is 0.134. The molecule has 0 saturated heterocycles. The Morgan fingerprint density at radius 1 is 0.750 bits per heavy atom. The highest BCUT2D eigenvalue weighted by atomic mass is 31.1. The average Bonchev–Trinajstić information content (AvgIpc) is 3.42. The summed E-state index contributed by atoms with van der Waals surface area (Å²) >= 11 is 0. The first-order valence-corrected chi connectivity index (χ1v) is 13.9. The normalized spacial score (nSPS) is 20.1. The van der Waals surface area contributed by atoms with Gasteiger partial charge in [0.25, 0.3) is 0 Å². The minimum atomic E-state index is -0.794. The van der Waals surface area contributed by atoms with Gasteiger partial charge >= 0.3 is 0 Å². The van der Waals surface area contributed by atoms with Gasteiger partial charge in [-0.15, -0.1) is 0 Å². The van der Waals surface area contributed by atoms with Crippen LogP contribution in [0.15, 0.2) is 103 Å². The standard InChI is InChI=1S/C33H33O2P/c1-24-29-22-35-23-30(29)25(2)33(32(24)28-20-14-6-4-5-7-15-21-31(28)34-3)36(26-16-10-8-11-17-26)27-18-12-9-13-19-27/h4-6,8-19,21H,7,20,22-23H2,1-3H3/b5-4-,14-6-,21-15-,31-28-. The predicted octanol–water partition coefficient (Wildman–Crippen LogP) is 6.91. The Labute approximate surface area is 216 Å². The van der Waals surface area contributed by atoms with Crippen molar-refractivity contribution in [2.45, 2.75) is 39.9 Å². The van der Waals surface area contributed by atoms with Gasteiger partial charge in [-0.3, -0.25) is 0 Å². The van der Waals surface area contributed by atoms with Gasteiger partial charge in [-0.05, 0) is 84.4 Å². The zero-order valence-corrected chi connectivity index (χ0v) is 22.2. The third-order valence-electron chi connectivity index (χ3n) is 7.05. The Hall–Kier alpha value is -3.19. The van der Waals surface area contributed by atoms with Crippen molar-refractivity contribution >= 4 is 29.4 Å². The lowest BCUT2D eigenvalue weighted by atomic mass is 9.88. The number of hydrogen-bond donors (Lipinski definition) is 0. The second kappa shape index (κ2) is 11.2. The number of ether oxygens (including phenoxy) is 2. The van der Waals surface area contributed by atoms with Gasteiger partial charge in [-0.2, -0.15) is 0 Å². The summed E-state index contributed by atoms with van der Waals surface area (Å²) in [6.45, 7) is 5.94. The van der Waals surface area contributed by atoms with Gasteiger partial charge in [-0.25, -0.2) is 0 Å². The van der Waals surface area contributed by atoms with E-state index in [-0.39, 0.29) is 0 Å². The van der Waals surface area contributed by atoms with Gasteiger partial charge in [0.05, 0.1) is 20.3 Å². The van der Waals surface area contributed by atoms with Crippen LogP contribution in [0.4, 0.5) is 0 Å². The minimum absolute atomic E-state index is 0.675. The Morgan fingerprint density at radius 2 is 1.36 bits per heavy atom. The van der Waals surface area contributed by atoms with Crippen molar-refractivity contribution in [3.05, 3.63) is 131 Å². The molecule has 2 nitrogen and oxygen atoms in total. The smallest absolute Gasteiger partial charge is 0.122 e. The summed E-state index contributed by atoms with van der Waals surface area (Å²) in [6, 6.07) is 22.0. The van der Waals surface area contributed by atoms with Crippen LogP contribution in [0.25, 0.3) is 5.57 Å². The molecule has 0 spiro atoms. The van der Waals surface area contributed by atoms with Crippen LogP contribution in [0.1, 0.15) is 40.7 Å². The van der Waals surface area contributed by atoms with Gasteiger partial charge in [0.1, 0.15) is 5.76 Å². The van der Waals surface area contributed by atoms with Crippen molar-refractivity contribution in [1.29, 1.82) is 0 Å². The zero-order valence-electron chi connectivity index (χ0n) is 21.3. The molecule has 0 bridgehead atoms. The third kappa shape index (κ3) is 4.76. The monoisotopic (exact) mass is 492 g/mol. The van der Waals surface area contributed by atoms with Crippen LogP contribution in [0.3, 0.4) is 0 Å². The zero-order chi connectivity index (χ0) is 24.9. The van der Waals surface area contributed by atoms with Crippen molar-refractivity contribution in [3.63, 3.8) is 0 Å². The molecule has 1 heterocycles. The molecule has 0 N–H and O–H groups in total. The first-order chi connectivity index (χ1) is 17.7. The second-order valence-electron chi connectivity index (χ2n) is 9.18. The summed E-state index contributed by atoms with van der Waals surface area (Å²) in [5, 5.41) is 4.13. The van der Waals surface area contributed by atoms with Gasteiger partial charge in [-0.1, -0.05) is 91.0 Å². The maximum atomic E-state index is 6.06. The van der Waals surface area contributed by atoms with E-state index in [0.29, 0.717) is 13.2 Å². The predicted molar refractivity (Wildman–Crippen MR) is 154 cm³/mol. The van der Waals surface area contributed by atoms with Crippen LogP contribution in [0.5, 0.6) is 0 Å². The Morgan fingerprint density at radius 3 is 2.00 bits per heavy atom. The van der Waals surface area contributed by atoms with Gasteiger partial charge < -0.3 is 9.47 Å². The van der Waals surface area contributed by atoms with Gasteiger partial charge in [0.15, 0.2) is 0 Å². The van der Waals surface area contributed by atoms with E-state index in [4.69, 9.17) is 9.47 Å². The molecule has 0 unspecified atom stereocenters. The molecule has 0 saturated carbocycles. The Balaban J connectivity index is 1.87. The van der Waals surface area contributed by atoms with E-state index < -0.39 is 7.92 Å². The van der Waals surface area contributed by atoms with E-state index in [9.17, 15) is 0 Å². The van der Waals surface area contributed by atoms with E-state index in [2.05, 4.69) is 111 Å². The number of allylic oxidation sites excluding steroid dienone is 7. The number of fused-ring (bicyclic) bond motifs is 1. The fourth-order valence-corrected chi connectivity index (χ4v) is 8.01. The van der Waals surface area contributed by atoms with E-state index in [1.54, 1.807) is 7.11 Å². The molecule has 1 aliphatic carbocycles. The molecular weight excluding hydrogens is 459 g/mol. The first kappa shape index (κ1) is 24.5. The van der Waals surface area contributed by atoms with Crippen LogP contribution < -0.4 is 15.9 Å². The SMILES string of the molecule is COC1=C(\c2c(C)c3c(c(C)c2P(c2ccccc2)c2ccccc2)COC3)C/C=C\C=C/C/C=C\1. The fraction of sp³-hybridized carbons (Fsp3) is 0.212. The summed E-state index contributed by atoms with van der Waals surface area (Å²) < 4.78 is 12.1. The molecule has 0 fully saturated rings. The van der Waals surface area contributed by atoms with Crippen molar-refractivity contribution in [3.8, 4) is 0 Å². The van der Waals surface area contributed by atoms with Crippen LogP contribution in [0.2, 0.25) is 0 Å². The molecule has 182 valence electrons. The number of rotatable bonds is 5. The second-order valence-corrected chi connectivity index (χ2v) is 11.3. The van der Waals surface area contributed by atoms with Gasteiger partial charge in [0.2, 0.25) is 0 Å². The molecule has 2 aliphatic rings. The van der Waals surface area contributed by atoms with Crippen LogP contribution >= 0.6 is 7.92 Å². The molecule has 0 aromatic heterocycles. The fourth-order valence-electron chi connectivity index (χ4n) is 5.26. The largest absolute Gasteiger partial charge is 0.496 e. The minimum Gasteiger partial charge on any atom is -0.496 e. The molecule has 0 radical (unpaired) electrons. The summed E-state index contributed by atoms with van der Waals surface area (Å²) in [5.74, 6) is 0.939. The molecule has 3 heteroatoms. The summed E-state index contributed by atoms with van der Waals surface area (Å²) in [6.07, 6.45) is 14.7. The molecule has 36 heavy (non-hydrogen) atoms. The summed E-state index contributed by atoms with van der Waals surface area (Å²) in [4.78, 5) is 0. The van der Waals surface area contributed by atoms with E-state index in [1.165, 1.54) is 49.3 Å². The first-order valence-electron chi connectivity index (χ1n) is 12.6. The number of benzene rings is 3. The topological polar surface area (TPSA) is 18.5 Å². The highest BCUT2D eigenvalue weighted by Gasteiger charge is 2.31. The van der Waals surface area contributed by atoms with E-state index in [1.807, 2.05) is 0 Å². The molecule has 3 aromatic rings. The van der Waals surface area contributed by atoms with Crippen LogP contribution in [0, 0.1) is 13.8 Å². The molecule has 3 aromatic carbocycles. The summed E-state index contributed by atoms with van der Waals surface area (Å²) in [5.41, 5.74) is 7.95. The van der Waals surface area contributed by atoms with Crippen LogP contribution in [-0.4, -0.2) is 7.11 Å². The van der Waals surface area contributed by atoms with E-state index >= 15 is 0 Å². The summed E-state index contributed by atoms with van der Waals surface area (Å²) in [7, 11) is 0.998. The van der Waals surface area contributed by atoms with Crippen LogP contribution in [-0.2, 0) is 22.7 Å². The Bertz CT molecular complexity index is 1310. The third-order valence-corrected chi connectivity index (χ3v) is 9.68. The highest BCUT2D eigenvalue weighted by Crippen LogP contribution is 2.43.